The molecule has 0 aliphatic carbocycles. The first kappa shape index (κ1) is 19.0. The van der Waals surface area contributed by atoms with Crippen molar-refractivity contribution in [3.63, 3.8) is 0 Å². The fourth-order valence-electron chi connectivity index (χ4n) is 3.11. The van der Waals surface area contributed by atoms with Gasteiger partial charge in [-0.25, -0.2) is 0 Å². The maximum Gasteiger partial charge on any atom is 0.290 e. The van der Waals surface area contributed by atoms with Crippen LogP contribution < -0.4 is 0 Å². The first-order valence-electron chi connectivity index (χ1n) is 8.90. The molecule has 0 fully saturated rings. The largest absolute Gasteiger partial charge is 0.503 e. The molecule has 0 saturated carbocycles. The van der Waals surface area contributed by atoms with Gasteiger partial charge in [0, 0.05) is 13.2 Å². The molecule has 3 heterocycles. The summed E-state index contributed by atoms with van der Waals surface area (Å²) in [6, 6.07) is 5.73. The van der Waals surface area contributed by atoms with Gasteiger partial charge in [-0.05, 0) is 51.5 Å². The van der Waals surface area contributed by atoms with Crippen LogP contribution in [0.15, 0.2) is 50.7 Å². The zero-order valence-electron chi connectivity index (χ0n) is 15.6. The third kappa shape index (κ3) is 3.83. The number of carbonyl (C=O) groups excluding carboxylic acids is 2. The molecule has 2 aromatic heterocycles. The fraction of sp³-hybridized carbons (Fsp3) is 0.400. The first-order valence-corrected chi connectivity index (χ1v) is 8.90. The Morgan fingerprint density at radius 2 is 2.11 bits per heavy atom. The number of nitrogens with zero attached hydrogens (tertiary/aromatic N) is 1. The lowest BCUT2D eigenvalue weighted by molar-refractivity contribution is -0.129. The molecule has 1 atom stereocenters. The summed E-state index contributed by atoms with van der Waals surface area (Å²) in [6.07, 6.45) is 2.02. The van der Waals surface area contributed by atoms with Crippen molar-refractivity contribution in [1.82, 2.24) is 4.90 Å². The summed E-state index contributed by atoms with van der Waals surface area (Å²) in [5.41, 5.74) is -0.0333. The van der Waals surface area contributed by atoms with Crippen LogP contribution >= 0.6 is 0 Å². The monoisotopic (exact) mass is 373 g/mol. The van der Waals surface area contributed by atoms with E-state index in [9.17, 15) is 14.7 Å². The van der Waals surface area contributed by atoms with Gasteiger partial charge < -0.3 is 23.6 Å². The van der Waals surface area contributed by atoms with E-state index in [0.717, 1.165) is 0 Å². The van der Waals surface area contributed by atoms with E-state index in [1.165, 1.54) is 17.2 Å². The molecule has 1 N–H and O–H groups in total. The molecule has 7 heteroatoms. The quantitative estimate of drug-likeness (QED) is 0.562. The summed E-state index contributed by atoms with van der Waals surface area (Å²) < 4.78 is 16.4. The van der Waals surface area contributed by atoms with Gasteiger partial charge in [0.05, 0.1) is 17.9 Å². The van der Waals surface area contributed by atoms with E-state index in [1.54, 1.807) is 25.1 Å². The minimum Gasteiger partial charge on any atom is -0.503 e. The normalized spacial score (nSPS) is 17.4. The van der Waals surface area contributed by atoms with Gasteiger partial charge >= 0.3 is 0 Å². The molecular weight excluding hydrogens is 350 g/mol. The van der Waals surface area contributed by atoms with Crippen molar-refractivity contribution in [2.75, 3.05) is 13.2 Å². The number of aliphatic hydroxyl groups excluding tert-OH is 1. The van der Waals surface area contributed by atoms with Gasteiger partial charge in [-0.1, -0.05) is 0 Å². The van der Waals surface area contributed by atoms with Crippen molar-refractivity contribution in [2.45, 2.75) is 39.3 Å². The van der Waals surface area contributed by atoms with Crippen LogP contribution in [0, 0.1) is 6.92 Å². The third-order valence-electron chi connectivity index (χ3n) is 4.32. The zero-order chi connectivity index (χ0) is 19.6. The molecule has 3 rings (SSSR count). The number of ketones is 1. The van der Waals surface area contributed by atoms with E-state index < -0.39 is 23.5 Å². The molecule has 0 aromatic carbocycles. The van der Waals surface area contributed by atoms with Gasteiger partial charge in [0.15, 0.2) is 11.5 Å². The molecule has 7 nitrogen and oxygen atoms in total. The van der Waals surface area contributed by atoms with E-state index in [2.05, 4.69) is 0 Å². The number of Topliss-reactive ketones (excluding diaryl/α,β-unsaturated/α-hetero) is 1. The Balaban J connectivity index is 1.90. The number of furan rings is 2. The van der Waals surface area contributed by atoms with Gasteiger partial charge in [-0.15, -0.1) is 0 Å². The van der Waals surface area contributed by atoms with Crippen LogP contribution in [0.5, 0.6) is 0 Å². The van der Waals surface area contributed by atoms with E-state index in [0.29, 0.717) is 31.1 Å². The second-order valence-corrected chi connectivity index (χ2v) is 6.69. The average Bonchev–Trinajstić information content (AvgIpc) is 3.34. The molecule has 2 aromatic rings. The van der Waals surface area contributed by atoms with E-state index in [-0.39, 0.29) is 17.4 Å². The summed E-state index contributed by atoms with van der Waals surface area (Å²) in [5, 5.41) is 10.4. The number of aryl methyl sites for hydroxylation is 1. The van der Waals surface area contributed by atoms with Crippen molar-refractivity contribution in [1.29, 1.82) is 0 Å². The lowest BCUT2D eigenvalue weighted by Crippen LogP contribution is -2.32. The predicted molar refractivity (Wildman–Crippen MR) is 96.3 cm³/mol. The van der Waals surface area contributed by atoms with Crippen molar-refractivity contribution in [2.24, 2.45) is 0 Å². The molecule has 0 saturated heterocycles. The second-order valence-electron chi connectivity index (χ2n) is 6.69. The highest BCUT2D eigenvalue weighted by Crippen LogP contribution is 2.39. The SMILES string of the molecule is Cc1ccc(C2C(C(=O)c3ccco3)=C(O)C(=O)N2CCCOC(C)C)o1. The number of amides is 1. The van der Waals surface area contributed by atoms with Crippen LogP contribution in [0.1, 0.15) is 48.4 Å². The van der Waals surface area contributed by atoms with Gasteiger partial charge in [0.2, 0.25) is 5.78 Å². The number of hydrogen-bond donors (Lipinski definition) is 1. The van der Waals surface area contributed by atoms with Gasteiger partial charge in [-0.3, -0.25) is 9.59 Å². The Hall–Kier alpha value is -2.80. The molecule has 27 heavy (non-hydrogen) atoms. The molecule has 0 spiro atoms. The Kier molecular flexibility index (Phi) is 5.51. The first-order chi connectivity index (χ1) is 12.9. The Morgan fingerprint density at radius 1 is 1.33 bits per heavy atom. The molecule has 1 aliphatic heterocycles. The average molecular weight is 373 g/mol. The number of hydrogen-bond acceptors (Lipinski definition) is 6. The van der Waals surface area contributed by atoms with E-state index >= 15 is 0 Å². The molecule has 1 amide bonds. The number of aliphatic hydroxyl groups is 1. The Morgan fingerprint density at radius 3 is 2.70 bits per heavy atom. The predicted octanol–water partition coefficient (Wildman–Crippen LogP) is 3.57. The van der Waals surface area contributed by atoms with Crippen molar-refractivity contribution >= 4 is 11.7 Å². The second kappa shape index (κ2) is 7.84. The minimum atomic E-state index is -0.803. The van der Waals surface area contributed by atoms with Gasteiger partial charge in [0.1, 0.15) is 17.6 Å². The lowest BCUT2D eigenvalue weighted by atomic mass is 9.99. The van der Waals surface area contributed by atoms with Gasteiger partial charge in [-0.2, -0.15) is 0 Å². The molecule has 0 bridgehead atoms. The summed E-state index contributed by atoms with van der Waals surface area (Å²) >= 11 is 0. The maximum atomic E-state index is 12.9. The van der Waals surface area contributed by atoms with Gasteiger partial charge in [0.25, 0.3) is 5.91 Å². The zero-order valence-corrected chi connectivity index (χ0v) is 15.6. The molecule has 144 valence electrons. The van der Waals surface area contributed by atoms with Crippen LogP contribution in [0.4, 0.5) is 0 Å². The van der Waals surface area contributed by atoms with Crippen molar-refractivity contribution < 1.29 is 28.3 Å². The fourth-order valence-corrected chi connectivity index (χ4v) is 3.11. The van der Waals surface area contributed by atoms with E-state index in [1.807, 2.05) is 13.8 Å². The van der Waals surface area contributed by atoms with E-state index in [4.69, 9.17) is 13.6 Å². The highest BCUT2D eigenvalue weighted by molar-refractivity contribution is 6.14. The Labute approximate surface area is 157 Å². The maximum absolute atomic E-state index is 12.9. The van der Waals surface area contributed by atoms with Crippen LogP contribution in [-0.2, 0) is 9.53 Å². The molecule has 1 unspecified atom stereocenters. The molecule has 0 radical (unpaired) electrons. The third-order valence-corrected chi connectivity index (χ3v) is 4.32. The highest BCUT2D eigenvalue weighted by atomic mass is 16.5. The smallest absolute Gasteiger partial charge is 0.290 e. The van der Waals surface area contributed by atoms with Crippen molar-refractivity contribution in [3.05, 3.63) is 59.1 Å². The summed E-state index contributed by atoms with van der Waals surface area (Å²) in [6.45, 7) is 6.42. The Bertz CT molecular complexity index is 846. The lowest BCUT2D eigenvalue weighted by Gasteiger charge is -2.24. The highest BCUT2D eigenvalue weighted by Gasteiger charge is 2.45. The molecule has 1 aliphatic rings. The standard InChI is InChI=1S/C20H23NO6/c1-12(2)25-11-5-9-21-17(14-8-7-13(3)27-14)16(19(23)20(21)24)18(22)15-6-4-10-26-15/h4,6-8,10,12,17,23H,5,9,11H2,1-3H3. The van der Waals surface area contributed by atoms with Crippen LogP contribution in [0.25, 0.3) is 0 Å². The number of rotatable bonds is 8. The van der Waals surface area contributed by atoms with Crippen LogP contribution in [-0.4, -0.2) is 41.0 Å². The topological polar surface area (TPSA) is 93.1 Å². The molecular formula is C20H23NO6. The van der Waals surface area contributed by atoms with Crippen LogP contribution in [0.2, 0.25) is 0 Å². The number of ether oxygens (including phenoxy) is 1. The summed E-state index contributed by atoms with van der Waals surface area (Å²) in [5.74, 6) is -0.580. The van der Waals surface area contributed by atoms with Crippen molar-refractivity contribution in [3.8, 4) is 0 Å². The number of carbonyl (C=O) groups is 2. The summed E-state index contributed by atoms with van der Waals surface area (Å²) in [7, 11) is 0. The van der Waals surface area contributed by atoms with Crippen LogP contribution in [0.3, 0.4) is 0 Å². The summed E-state index contributed by atoms with van der Waals surface area (Å²) in [4.78, 5) is 27.0. The minimum absolute atomic E-state index is 0.0333.